The van der Waals surface area contributed by atoms with E-state index in [-0.39, 0.29) is 12.0 Å². The zero-order chi connectivity index (χ0) is 13.7. The van der Waals surface area contributed by atoms with Gasteiger partial charge >= 0.3 is 0 Å². The van der Waals surface area contributed by atoms with Crippen LogP contribution >= 0.6 is 0 Å². The van der Waals surface area contributed by atoms with E-state index in [1.54, 1.807) is 12.5 Å². The second-order valence-corrected chi connectivity index (χ2v) is 5.17. The average molecular weight is 266 g/mol. The molecule has 0 atom stereocenters. The van der Waals surface area contributed by atoms with Crippen molar-refractivity contribution in [3.63, 3.8) is 0 Å². The summed E-state index contributed by atoms with van der Waals surface area (Å²) in [4.78, 5) is 16.0. The summed E-state index contributed by atoms with van der Waals surface area (Å²) in [6, 6.07) is 0. The molecule has 6 nitrogen and oxygen atoms in total. The van der Waals surface area contributed by atoms with Crippen LogP contribution in [0.4, 0.5) is 0 Å². The average Bonchev–Trinajstić information content (AvgIpc) is 2.87. The second-order valence-electron chi connectivity index (χ2n) is 5.17. The monoisotopic (exact) mass is 266 g/mol. The number of hydrogen-bond acceptors (Lipinski definition) is 4. The lowest BCUT2D eigenvalue weighted by Gasteiger charge is -2.25. The van der Waals surface area contributed by atoms with Crippen LogP contribution in [-0.2, 0) is 6.54 Å². The van der Waals surface area contributed by atoms with E-state index in [1.807, 2.05) is 4.57 Å². The van der Waals surface area contributed by atoms with Crippen molar-refractivity contribution in [3.8, 4) is 0 Å². The molecule has 0 aromatic carbocycles. The fourth-order valence-corrected chi connectivity index (χ4v) is 2.43. The predicted octanol–water partition coefficient (Wildman–Crippen LogP) is 0.123. The topological polar surface area (TPSA) is 93.2 Å². The molecule has 1 aliphatic carbocycles. The van der Waals surface area contributed by atoms with Crippen LogP contribution in [-0.4, -0.2) is 39.8 Å². The van der Waals surface area contributed by atoms with Crippen LogP contribution in [0.2, 0.25) is 0 Å². The lowest BCUT2D eigenvalue weighted by molar-refractivity contribution is 0.0906. The van der Waals surface area contributed by atoms with Gasteiger partial charge in [0.1, 0.15) is 5.69 Å². The molecule has 4 N–H and O–H groups in total. The summed E-state index contributed by atoms with van der Waals surface area (Å²) in [5.41, 5.74) is 5.88. The van der Waals surface area contributed by atoms with Crippen molar-refractivity contribution in [2.45, 2.75) is 38.3 Å². The van der Waals surface area contributed by atoms with E-state index in [2.05, 4.69) is 10.3 Å². The predicted molar refractivity (Wildman–Crippen MR) is 71.6 cm³/mol. The normalized spacial score (nSPS) is 23.3. The van der Waals surface area contributed by atoms with Crippen LogP contribution in [0.3, 0.4) is 0 Å². The van der Waals surface area contributed by atoms with Gasteiger partial charge in [-0.3, -0.25) is 4.79 Å². The number of rotatable bonds is 5. The van der Waals surface area contributed by atoms with Gasteiger partial charge in [0.25, 0.3) is 5.91 Å². The van der Waals surface area contributed by atoms with Gasteiger partial charge in [-0.15, -0.1) is 0 Å². The SMILES string of the molecule is NCCn1cnc(C(=O)NCC2CCC(O)CC2)c1. The first-order valence-corrected chi connectivity index (χ1v) is 6.87. The summed E-state index contributed by atoms with van der Waals surface area (Å²) in [6.45, 7) is 1.86. The minimum Gasteiger partial charge on any atom is -0.393 e. The highest BCUT2D eigenvalue weighted by atomic mass is 16.3. The molecule has 1 aromatic heterocycles. The summed E-state index contributed by atoms with van der Waals surface area (Å²) >= 11 is 0. The first-order valence-electron chi connectivity index (χ1n) is 6.87. The van der Waals surface area contributed by atoms with E-state index in [1.165, 1.54) is 0 Å². The quantitative estimate of drug-likeness (QED) is 0.706. The number of amides is 1. The Bertz CT molecular complexity index is 411. The maximum Gasteiger partial charge on any atom is 0.271 e. The highest BCUT2D eigenvalue weighted by Gasteiger charge is 2.20. The van der Waals surface area contributed by atoms with Crippen molar-refractivity contribution in [1.29, 1.82) is 0 Å². The fraction of sp³-hybridized carbons (Fsp3) is 0.692. The Balaban J connectivity index is 1.77. The minimum atomic E-state index is -0.154. The Morgan fingerprint density at radius 1 is 1.47 bits per heavy atom. The molecule has 0 unspecified atom stereocenters. The number of nitrogens with one attached hydrogen (secondary N) is 1. The van der Waals surface area contributed by atoms with E-state index in [0.29, 0.717) is 31.2 Å². The van der Waals surface area contributed by atoms with Crippen LogP contribution in [0, 0.1) is 5.92 Å². The van der Waals surface area contributed by atoms with Crippen LogP contribution in [0.25, 0.3) is 0 Å². The summed E-state index contributed by atoms with van der Waals surface area (Å²) in [6.07, 6.45) is 6.81. The summed E-state index contributed by atoms with van der Waals surface area (Å²) in [7, 11) is 0. The zero-order valence-electron chi connectivity index (χ0n) is 11.1. The van der Waals surface area contributed by atoms with Crippen LogP contribution in [0.1, 0.15) is 36.2 Å². The van der Waals surface area contributed by atoms with Gasteiger partial charge in [0, 0.05) is 25.8 Å². The van der Waals surface area contributed by atoms with E-state index >= 15 is 0 Å². The number of aliphatic hydroxyl groups excluding tert-OH is 1. The molecule has 19 heavy (non-hydrogen) atoms. The van der Waals surface area contributed by atoms with E-state index in [4.69, 9.17) is 5.73 Å². The molecule has 106 valence electrons. The molecular formula is C13H22N4O2. The molecular weight excluding hydrogens is 244 g/mol. The number of aliphatic hydroxyl groups is 1. The fourth-order valence-electron chi connectivity index (χ4n) is 2.43. The Morgan fingerprint density at radius 3 is 2.89 bits per heavy atom. The Kier molecular flexibility index (Phi) is 4.93. The molecule has 1 saturated carbocycles. The lowest BCUT2D eigenvalue weighted by atomic mass is 9.87. The van der Waals surface area contributed by atoms with Gasteiger partial charge in [0.2, 0.25) is 0 Å². The lowest BCUT2D eigenvalue weighted by Crippen LogP contribution is -2.32. The third-order valence-electron chi connectivity index (χ3n) is 3.62. The van der Waals surface area contributed by atoms with Gasteiger partial charge in [-0.1, -0.05) is 0 Å². The van der Waals surface area contributed by atoms with Crippen molar-refractivity contribution < 1.29 is 9.90 Å². The van der Waals surface area contributed by atoms with Gasteiger partial charge < -0.3 is 20.7 Å². The highest BCUT2D eigenvalue weighted by Crippen LogP contribution is 2.23. The molecule has 1 heterocycles. The van der Waals surface area contributed by atoms with Crippen molar-refractivity contribution in [1.82, 2.24) is 14.9 Å². The number of aromatic nitrogens is 2. The molecule has 0 saturated heterocycles. The number of nitrogens with two attached hydrogens (primary N) is 1. The second kappa shape index (κ2) is 6.68. The molecule has 0 radical (unpaired) electrons. The maximum atomic E-state index is 11.9. The van der Waals surface area contributed by atoms with Gasteiger partial charge in [-0.05, 0) is 31.6 Å². The first-order chi connectivity index (χ1) is 9.19. The Morgan fingerprint density at radius 2 is 2.21 bits per heavy atom. The third kappa shape index (κ3) is 4.04. The smallest absolute Gasteiger partial charge is 0.271 e. The highest BCUT2D eigenvalue weighted by molar-refractivity contribution is 5.91. The largest absolute Gasteiger partial charge is 0.393 e. The molecule has 0 aliphatic heterocycles. The molecule has 6 heteroatoms. The van der Waals surface area contributed by atoms with E-state index in [9.17, 15) is 9.90 Å². The maximum absolute atomic E-state index is 11.9. The molecule has 2 rings (SSSR count). The molecule has 1 aromatic rings. The van der Waals surface area contributed by atoms with Crippen LogP contribution in [0.5, 0.6) is 0 Å². The zero-order valence-corrected chi connectivity index (χ0v) is 11.1. The molecule has 0 bridgehead atoms. The standard InChI is InChI=1S/C13H22N4O2/c14-5-6-17-8-12(16-9-17)13(19)15-7-10-1-3-11(18)4-2-10/h8-11,18H,1-7,14H2,(H,15,19). The number of carbonyl (C=O) groups excluding carboxylic acids is 1. The van der Waals surface area contributed by atoms with Crippen molar-refractivity contribution >= 4 is 5.91 Å². The first kappa shape index (κ1) is 14.0. The Labute approximate surface area is 113 Å². The van der Waals surface area contributed by atoms with E-state index in [0.717, 1.165) is 25.7 Å². The number of carbonyl (C=O) groups is 1. The molecule has 1 amide bonds. The van der Waals surface area contributed by atoms with Gasteiger partial charge in [0.15, 0.2) is 0 Å². The van der Waals surface area contributed by atoms with Crippen LogP contribution < -0.4 is 11.1 Å². The van der Waals surface area contributed by atoms with Crippen LogP contribution in [0.15, 0.2) is 12.5 Å². The van der Waals surface area contributed by atoms with Gasteiger partial charge in [-0.25, -0.2) is 4.98 Å². The van der Waals surface area contributed by atoms with Gasteiger partial charge in [0.05, 0.1) is 12.4 Å². The molecule has 1 aliphatic rings. The number of hydrogen-bond donors (Lipinski definition) is 3. The van der Waals surface area contributed by atoms with E-state index < -0.39 is 0 Å². The van der Waals surface area contributed by atoms with Gasteiger partial charge in [-0.2, -0.15) is 0 Å². The van der Waals surface area contributed by atoms with Crippen molar-refractivity contribution in [2.75, 3.05) is 13.1 Å². The summed E-state index contributed by atoms with van der Waals surface area (Å²) in [5.74, 6) is 0.334. The van der Waals surface area contributed by atoms with Crippen molar-refractivity contribution in [3.05, 3.63) is 18.2 Å². The number of nitrogens with zero attached hydrogens (tertiary/aromatic N) is 2. The van der Waals surface area contributed by atoms with Crippen molar-refractivity contribution in [2.24, 2.45) is 11.7 Å². The Hall–Kier alpha value is -1.40. The molecule has 0 spiro atoms. The molecule has 1 fully saturated rings. The summed E-state index contributed by atoms with van der Waals surface area (Å²) in [5, 5.41) is 12.3. The summed E-state index contributed by atoms with van der Waals surface area (Å²) < 4.78 is 1.81. The number of imidazole rings is 1. The third-order valence-corrected chi connectivity index (χ3v) is 3.62. The minimum absolute atomic E-state index is 0.137.